The van der Waals surface area contributed by atoms with Gasteiger partial charge in [0, 0.05) is 43.9 Å². The fraction of sp³-hybridized carbons (Fsp3) is 0.364. The third-order valence-electron chi connectivity index (χ3n) is 2.25. The highest BCUT2D eigenvalue weighted by Gasteiger charge is 2.08. The maximum Gasteiger partial charge on any atom is 0.269 e. The first kappa shape index (κ1) is 14.1. The first-order valence-corrected chi connectivity index (χ1v) is 5.58. The molecule has 98 valence electrons. The number of nitrogens with two attached hydrogens (primary N) is 1. The molecule has 18 heavy (non-hydrogen) atoms. The molecule has 0 heterocycles. The molecule has 0 saturated carbocycles. The minimum Gasteiger partial charge on any atom is -0.351 e. The SMILES string of the molecule is NCCNCCNC(=O)c1ccc([N+](=O)[O-])cc1. The normalized spacial score (nSPS) is 10.1. The lowest BCUT2D eigenvalue weighted by molar-refractivity contribution is -0.384. The number of nitro groups is 1. The summed E-state index contributed by atoms with van der Waals surface area (Å²) in [6.07, 6.45) is 0. The van der Waals surface area contributed by atoms with Crippen molar-refractivity contribution in [2.24, 2.45) is 5.73 Å². The van der Waals surface area contributed by atoms with Gasteiger partial charge in [-0.05, 0) is 12.1 Å². The summed E-state index contributed by atoms with van der Waals surface area (Å²) >= 11 is 0. The molecule has 1 amide bonds. The van der Waals surface area contributed by atoms with Gasteiger partial charge in [-0.2, -0.15) is 0 Å². The quantitative estimate of drug-likeness (QED) is 0.356. The van der Waals surface area contributed by atoms with E-state index in [9.17, 15) is 14.9 Å². The van der Waals surface area contributed by atoms with Crippen LogP contribution in [0.2, 0.25) is 0 Å². The molecule has 7 nitrogen and oxygen atoms in total. The van der Waals surface area contributed by atoms with Crippen molar-refractivity contribution in [1.29, 1.82) is 0 Å². The largest absolute Gasteiger partial charge is 0.351 e. The fourth-order valence-electron chi connectivity index (χ4n) is 1.33. The van der Waals surface area contributed by atoms with Gasteiger partial charge in [0.2, 0.25) is 0 Å². The van der Waals surface area contributed by atoms with Crippen LogP contribution < -0.4 is 16.4 Å². The topological polar surface area (TPSA) is 110 Å². The third-order valence-corrected chi connectivity index (χ3v) is 2.25. The smallest absolute Gasteiger partial charge is 0.269 e. The lowest BCUT2D eigenvalue weighted by Crippen LogP contribution is -2.33. The summed E-state index contributed by atoms with van der Waals surface area (Å²) in [5, 5.41) is 16.2. The van der Waals surface area contributed by atoms with Crippen molar-refractivity contribution in [3.8, 4) is 0 Å². The zero-order chi connectivity index (χ0) is 13.4. The molecule has 4 N–H and O–H groups in total. The van der Waals surface area contributed by atoms with Gasteiger partial charge in [-0.25, -0.2) is 0 Å². The predicted molar refractivity (Wildman–Crippen MR) is 67.4 cm³/mol. The van der Waals surface area contributed by atoms with Crippen molar-refractivity contribution in [3.63, 3.8) is 0 Å². The van der Waals surface area contributed by atoms with E-state index in [4.69, 9.17) is 5.73 Å². The number of hydrogen-bond acceptors (Lipinski definition) is 5. The van der Waals surface area contributed by atoms with Crippen molar-refractivity contribution in [2.45, 2.75) is 0 Å². The van der Waals surface area contributed by atoms with Gasteiger partial charge in [0.05, 0.1) is 4.92 Å². The number of rotatable bonds is 7. The molecule has 0 radical (unpaired) electrons. The van der Waals surface area contributed by atoms with E-state index in [1.165, 1.54) is 24.3 Å². The Labute approximate surface area is 105 Å². The standard InChI is InChI=1S/C11H16N4O3/c12-5-6-13-7-8-14-11(16)9-1-3-10(4-2-9)15(17)18/h1-4,13H,5-8,12H2,(H,14,16). The molecule has 0 saturated heterocycles. The summed E-state index contributed by atoms with van der Waals surface area (Å²) in [7, 11) is 0. The number of hydrogen-bond donors (Lipinski definition) is 3. The fourth-order valence-corrected chi connectivity index (χ4v) is 1.33. The Morgan fingerprint density at radius 1 is 1.22 bits per heavy atom. The summed E-state index contributed by atoms with van der Waals surface area (Å²) in [5.74, 6) is -0.251. The van der Waals surface area contributed by atoms with Crippen LogP contribution in [0.5, 0.6) is 0 Å². The minimum atomic E-state index is -0.502. The summed E-state index contributed by atoms with van der Waals surface area (Å²) in [6.45, 7) is 2.37. The zero-order valence-electron chi connectivity index (χ0n) is 9.89. The summed E-state index contributed by atoms with van der Waals surface area (Å²) in [5.41, 5.74) is 5.67. The van der Waals surface area contributed by atoms with E-state index in [-0.39, 0.29) is 11.6 Å². The molecule has 1 rings (SSSR count). The Bertz CT molecular complexity index is 405. The van der Waals surface area contributed by atoms with Crippen LogP contribution in [0.25, 0.3) is 0 Å². The van der Waals surface area contributed by atoms with Gasteiger partial charge in [-0.3, -0.25) is 14.9 Å². The van der Waals surface area contributed by atoms with Crippen molar-refractivity contribution in [3.05, 3.63) is 39.9 Å². The average Bonchev–Trinajstić information content (AvgIpc) is 2.38. The van der Waals surface area contributed by atoms with E-state index >= 15 is 0 Å². The first-order valence-electron chi connectivity index (χ1n) is 5.58. The molecule has 0 aromatic heterocycles. The average molecular weight is 252 g/mol. The van der Waals surface area contributed by atoms with Crippen molar-refractivity contribution in [1.82, 2.24) is 10.6 Å². The molecule has 0 atom stereocenters. The number of nitrogens with zero attached hydrogens (tertiary/aromatic N) is 1. The van der Waals surface area contributed by atoms with Crippen LogP contribution in [0.1, 0.15) is 10.4 Å². The zero-order valence-corrected chi connectivity index (χ0v) is 9.89. The number of nitro benzene ring substituents is 1. The van der Waals surface area contributed by atoms with Gasteiger partial charge >= 0.3 is 0 Å². The van der Waals surface area contributed by atoms with Gasteiger partial charge in [-0.15, -0.1) is 0 Å². The summed E-state index contributed by atoms with van der Waals surface area (Å²) in [4.78, 5) is 21.6. The van der Waals surface area contributed by atoms with Crippen molar-refractivity contribution >= 4 is 11.6 Å². The number of benzene rings is 1. The van der Waals surface area contributed by atoms with Crippen LogP contribution in [0.3, 0.4) is 0 Å². The monoisotopic (exact) mass is 252 g/mol. The molecule has 1 aromatic rings. The maximum atomic E-state index is 11.6. The van der Waals surface area contributed by atoms with Crippen molar-refractivity contribution in [2.75, 3.05) is 26.2 Å². The van der Waals surface area contributed by atoms with Gasteiger partial charge < -0.3 is 16.4 Å². The van der Waals surface area contributed by atoms with E-state index in [0.717, 1.165) is 0 Å². The van der Waals surface area contributed by atoms with Crippen LogP contribution >= 0.6 is 0 Å². The van der Waals surface area contributed by atoms with Gasteiger partial charge in [0.15, 0.2) is 0 Å². The Kier molecular flexibility index (Phi) is 5.75. The second-order valence-corrected chi connectivity index (χ2v) is 3.60. The van der Waals surface area contributed by atoms with E-state index in [2.05, 4.69) is 10.6 Å². The van der Waals surface area contributed by atoms with Gasteiger partial charge in [0.1, 0.15) is 0 Å². The molecular weight excluding hydrogens is 236 g/mol. The van der Waals surface area contributed by atoms with Crippen LogP contribution in [0.4, 0.5) is 5.69 Å². The number of amides is 1. The van der Waals surface area contributed by atoms with E-state index < -0.39 is 4.92 Å². The molecule has 0 bridgehead atoms. The van der Waals surface area contributed by atoms with Crippen molar-refractivity contribution < 1.29 is 9.72 Å². The number of carbonyl (C=O) groups is 1. The first-order chi connectivity index (χ1) is 8.65. The second-order valence-electron chi connectivity index (χ2n) is 3.60. The number of carbonyl (C=O) groups excluding carboxylic acids is 1. The molecule has 0 unspecified atom stereocenters. The third kappa shape index (κ3) is 4.48. The lowest BCUT2D eigenvalue weighted by Gasteiger charge is -2.05. The van der Waals surface area contributed by atoms with Crippen LogP contribution in [0.15, 0.2) is 24.3 Å². The molecular formula is C11H16N4O3. The summed E-state index contributed by atoms with van der Waals surface area (Å²) < 4.78 is 0. The van der Waals surface area contributed by atoms with E-state index in [1.54, 1.807) is 0 Å². The Hall–Kier alpha value is -1.99. The molecule has 0 spiro atoms. The molecule has 0 aliphatic carbocycles. The van der Waals surface area contributed by atoms with Gasteiger partial charge in [-0.1, -0.05) is 0 Å². The number of nitrogens with one attached hydrogen (secondary N) is 2. The molecule has 0 aliphatic heterocycles. The summed E-state index contributed by atoms with van der Waals surface area (Å²) in [6, 6.07) is 5.48. The lowest BCUT2D eigenvalue weighted by atomic mass is 10.2. The Balaban J connectivity index is 2.39. The minimum absolute atomic E-state index is 0.0313. The van der Waals surface area contributed by atoms with E-state index in [1.807, 2.05) is 0 Å². The van der Waals surface area contributed by atoms with Crippen LogP contribution in [0, 0.1) is 10.1 Å². The highest BCUT2D eigenvalue weighted by atomic mass is 16.6. The molecule has 7 heteroatoms. The second kappa shape index (κ2) is 7.36. The molecule has 0 fully saturated rings. The van der Waals surface area contributed by atoms with Gasteiger partial charge in [0.25, 0.3) is 11.6 Å². The van der Waals surface area contributed by atoms with E-state index in [0.29, 0.717) is 31.7 Å². The highest BCUT2D eigenvalue weighted by molar-refractivity contribution is 5.94. The Morgan fingerprint density at radius 2 is 1.89 bits per heavy atom. The Morgan fingerprint density at radius 3 is 2.44 bits per heavy atom. The molecule has 1 aromatic carbocycles. The predicted octanol–water partition coefficient (Wildman–Crippen LogP) is -0.127. The van der Waals surface area contributed by atoms with Crippen LogP contribution in [-0.4, -0.2) is 37.0 Å². The van der Waals surface area contributed by atoms with Crippen LogP contribution in [-0.2, 0) is 0 Å². The maximum absolute atomic E-state index is 11.6. The number of non-ortho nitro benzene ring substituents is 1. The highest BCUT2D eigenvalue weighted by Crippen LogP contribution is 2.11. The molecule has 0 aliphatic rings.